The Hall–Kier alpha value is -1.12. The summed E-state index contributed by atoms with van der Waals surface area (Å²) in [6.45, 7) is 0.590. The summed E-state index contributed by atoms with van der Waals surface area (Å²) in [5, 5.41) is -0.784. The first kappa shape index (κ1) is 19.6. The van der Waals surface area contributed by atoms with Crippen LogP contribution < -0.4 is 4.72 Å². The topological polar surface area (TPSA) is 55.4 Å². The van der Waals surface area contributed by atoms with Crippen molar-refractivity contribution in [2.24, 2.45) is 5.92 Å². The summed E-state index contributed by atoms with van der Waals surface area (Å²) in [6.07, 6.45) is -3.07. The number of ether oxygens (including phenoxy) is 1. The van der Waals surface area contributed by atoms with Crippen LogP contribution in [-0.2, 0) is 14.8 Å². The number of alkyl halides is 3. The Balaban J connectivity index is 1.72. The molecule has 0 amide bonds. The van der Waals surface area contributed by atoms with Gasteiger partial charge in [-0.05, 0) is 44.1 Å². The van der Waals surface area contributed by atoms with E-state index in [1.54, 1.807) is 0 Å². The van der Waals surface area contributed by atoms with E-state index < -0.39 is 33.4 Å². The predicted octanol–water partition coefficient (Wildman–Crippen LogP) is 3.95. The molecular formula is C18H24F3NO3S. The van der Waals surface area contributed by atoms with Crippen molar-refractivity contribution in [3.05, 3.63) is 35.9 Å². The summed E-state index contributed by atoms with van der Waals surface area (Å²) in [5.74, 6) is -1.39. The quantitative estimate of drug-likeness (QED) is 0.827. The van der Waals surface area contributed by atoms with Gasteiger partial charge < -0.3 is 4.74 Å². The van der Waals surface area contributed by atoms with Gasteiger partial charge in [0.1, 0.15) is 0 Å². The lowest BCUT2D eigenvalue weighted by atomic mass is 9.88. The van der Waals surface area contributed by atoms with E-state index in [0.29, 0.717) is 6.61 Å². The molecule has 1 aromatic carbocycles. The lowest BCUT2D eigenvalue weighted by molar-refractivity contribution is -0.181. The standard InChI is InChI=1S/C18H24F3NO3S/c19-18(20,21)14-8-10-15(11-9-14)26(23,24)22-17(16-7-4-12-25-16)13-5-2-1-3-6-13/h1-3,5-6,14-17,22H,4,7-12H2. The molecule has 4 nitrogen and oxygen atoms in total. The van der Waals surface area contributed by atoms with Crippen LogP contribution in [0.2, 0.25) is 0 Å². The van der Waals surface area contributed by atoms with Crippen molar-refractivity contribution in [2.45, 2.75) is 62.1 Å². The van der Waals surface area contributed by atoms with Crippen molar-refractivity contribution < 1.29 is 26.3 Å². The van der Waals surface area contributed by atoms with Crippen LogP contribution in [-0.4, -0.2) is 32.6 Å². The minimum atomic E-state index is -4.24. The Morgan fingerprint density at radius 1 is 1.04 bits per heavy atom. The van der Waals surface area contributed by atoms with E-state index in [4.69, 9.17) is 4.74 Å². The molecule has 1 aliphatic heterocycles. The molecule has 0 bridgehead atoms. The Kier molecular flexibility index (Phi) is 5.94. The average molecular weight is 391 g/mol. The molecule has 1 saturated carbocycles. The summed E-state index contributed by atoms with van der Waals surface area (Å²) in [6, 6.07) is 8.69. The molecule has 3 rings (SSSR count). The van der Waals surface area contributed by atoms with Crippen LogP contribution in [0.15, 0.2) is 30.3 Å². The second kappa shape index (κ2) is 7.86. The van der Waals surface area contributed by atoms with Crippen molar-refractivity contribution in [3.8, 4) is 0 Å². The fraction of sp³-hybridized carbons (Fsp3) is 0.667. The van der Waals surface area contributed by atoms with Gasteiger partial charge in [-0.15, -0.1) is 0 Å². The smallest absolute Gasteiger partial charge is 0.376 e. The second-order valence-electron chi connectivity index (χ2n) is 7.12. The minimum Gasteiger partial charge on any atom is -0.376 e. The van der Waals surface area contributed by atoms with Gasteiger partial charge in [-0.2, -0.15) is 13.2 Å². The Labute approximate surface area is 152 Å². The monoisotopic (exact) mass is 391 g/mol. The number of hydrogen-bond acceptors (Lipinski definition) is 3. The third-order valence-corrected chi connectivity index (χ3v) is 7.29. The van der Waals surface area contributed by atoms with Gasteiger partial charge in [0.25, 0.3) is 0 Å². The van der Waals surface area contributed by atoms with Gasteiger partial charge in [0.2, 0.25) is 10.0 Å². The van der Waals surface area contributed by atoms with Gasteiger partial charge in [0, 0.05) is 6.61 Å². The van der Waals surface area contributed by atoms with Gasteiger partial charge in [-0.3, -0.25) is 0 Å². The number of rotatable bonds is 5. The van der Waals surface area contributed by atoms with E-state index in [1.165, 1.54) is 0 Å². The summed E-state index contributed by atoms with van der Waals surface area (Å²) >= 11 is 0. The van der Waals surface area contributed by atoms with Crippen LogP contribution in [0, 0.1) is 5.92 Å². The molecule has 1 heterocycles. The predicted molar refractivity (Wildman–Crippen MR) is 92.0 cm³/mol. The zero-order valence-corrected chi connectivity index (χ0v) is 15.2. The zero-order valence-electron chi connectivity index (χ0n) is 14.4. The molecular weight excluding hydrogens is 367 g/mol. The Bertz CT molecular complexity index is 679. The fourth-order valence-electron chi connectivity index (χ4n) is 3.86. The highest BCUT2D eigenvalue weighted by Crippen LogP contribution is 2.39. The van der Waals surface area contributed by atoms with Crippen LogP contribution >= 0.6 is 0 Å². The maximum Gasteiger partial charge on any atom is 0.391 e. The molecule has 0 aromatic heterocycles. The molecule has 8 heteroatoms. The third-order valence-electron chi connectivity index (χ3n) is 5.36. The van der Waals surface area contributed by atoms with Crippen LogP contribution in [0.5, 0.6) is 0 Å². The first-order valence-electron chi connectivity index (χ1n) is 9.02. The van der Waals surface area contributed by atoms with Crippen LogP contribution in [0.1, 0.15) is 50.1 Å². The normalized spacial score (nSPS) is 28.8. The van der Waals surface area contributed by atoms with Crippen LogP contribution in [0.3, 0.4) is 0 Å². The summed E-state index contributed by atoms with van der Waals surface area (Å²) < 4.78 is 72.6. The lowest BCUT2D eigenvalue weighted by Crippen LogP contribution is -2.43. The molecule has 2 fully saturated rings. The molecule has 1 aliphatic carbocycles. The molecule has 1 saturated heterocycles. The zero-order chi connectivity index (χ0) is 18.8. The lowest BCUT2D eigenvalue weighted by Gasteiger charge is -2.32. The van der Waals surface area contributed by atoms with Gasteiger partial charge in [-0.1, -0.05) is 30.3 Å². The van der Waals surface area contributed by atoms with Gasteiger partial charge in [-0.25, -0.2) is 13.1 Å². The van der Waals surface area contributed by atoms with Gasteiger partial charge in [0.05, 0.1) is 23.3 Å². The first-order valence-corrected chi connectivity index (χ1v) is 10.6. The maximum atomic E-state index is 12.8. The number of hydrogen-bond donors (Lipinski definition) is 1. The van der Waals surface area contributed by atoms with E-state index in [-0.39, 0.29) is 31.8 Å². The highest BCUT2D eigenvalue weighted by atomic mass is 32.2. The fourth-order valence-corrected chi connectivity index (χ4v) is 5.59. The van der Waals surface area contributed by atoms with Crippen molar-refractivity contribution in [2.75, 3.05) is 6.61 Å². The van der Waals surface area contributed by atoms with Gasteiger partial charge >= 0.3 is 6.18 Å². The summed E-state index contributed by atoms with van der Waals surface area (Å²) in [5.41, 5.74) is 0.812. The van der Waals surface area contributed by atoms with Crippen molar-refractivity contribution in [1.29, 1.82) is 0 Å². The van der Waals surface area contributed by atoms with Crippen molar-refractivity contribution in [3.63, 3.8) is 0 Å². The maximum absolute atomic E-state index is 12.8. The molecule has 2 atom stereocenters. The van der Waals surface area contributed by atoms with E-state index in [2.05, 4.69) is 4.72 Å². The molecule has 1 aromatic rings. The Morgan fingerprint density at radius 2 is 1.69 bits per heavy atom. The molecule has 26 heavy (non-hydrogen) atoms. The molecule has 0 spiro atoms. The number of nitrogens with one attached hydrogen (secondary N) is 1. The number of benzene rings is 1. The van der Waals surface area contributed by atoms with Crippen LogP contribution in [0.25, 0.3) is 0 Å². The summed E-state index contributed by atoms with van der Waals surface area (Å²) in [4.78, 5) is 0. The highest BCUT2D eigenvalue weighted by Gasteiger charge is 2.44. The largest absolute Gasteiger partial charge is 0.391 e. The van der Waals surface area contributed by atoms with E-state index in [1.807, 2.05) is 30.3 Å². The highest BCUT2D eigenvalue weighted by molar-refractivity contribution is 7.90. The average Bonchev–Trinajstić information content (AvgIpc) is 3.14. The molecule has 0 radical (unpaired) electrons. The van der Waals surface area contributed by atoms with E-state index in [9.17, 15) is 21.6 Å². The Morgan fingerprint density at radius 3 is 2.23 bits per heavy atom. The van der Waals surface area contributed by atoms with Crippen LogP contribution in [0.4, 0.5) is 13.2 Å². The third kappa shape index (κ3) is 4.58. The first-order chi connectivity index (χ1) is 12.3. The molecule has 1 N–H and O–H groups in total. The second-order valence-corrected chi connectivity index (χ2v) is 9.11. The van der Waals surface area contributed by atoms with Crippen molar-refractivity contribution >= 4 is 10.0 Å². The van der Waals surface area contributed by atoms with E-state index in [0.717, 1.165) is 18.4 Å². The molecule has 2 unspecified atom stereocenters. The minimum absolute atomic E-state index is 0.0343. The van der Waals surface area contributed by atoms with Crippen molar-refractivity contribution in [1.82, 2.24) is 4.72 Å². The summed E-state index contributed by atoms with van der Waals surface area (Å²) in [7, 11) is -3.73. The number of halogens is 3. The van der Waals surface area contributed by atoms with Gasteiger partial charge in [0.15, 0.2) is 0 Å². The van der Waals surface area contributed by atoms with E-state index >= 15 is 0 Å². The number of sulfonamides is 1. The molecule has 2 aliphatic rings. The molecule has 146 valence electrons. The SMILES string of the molecule is O=S(=O)(NC(c1ccccc1)C1CCCO1)C1CCC(C(F)(F)F)CC1.